The maximum absolute atomic E-state index is 15.1. The molecule has 2 aromatic carbocycles. The number of halogens is 2. The topological polar surface area (TPSA) is 93.7 Å². The number of para-hydroxylation sites is 1. The van der Waals surface area contributed by atoms with Gasteiger partial charge in [-0.3, -0.25) is 4.79 Å². The average molecular weight is 562 g/mol. The standard InChI is InChI=1S/C30H33F2N7O2/c1-18-8-9-19(28(40)33-2)16-21(18)25-22-17-34-30(41)39(26-23(31)6-5-7-24(26)32)27(22)36-29(35-25)38-14-10-20(11-15-38)37-12-3-4-13-37/h5-9,16,20H,3-4,10-15,17H2,1-2H3,(H,33,40)(H,34,41). The molecule has 3 aliphatic rings. The molecule has 2 fully saturated rings. The number of nitrogens with one attached hydrogen (secondary N) is 2. The van der Waals surface area contributed by atoms with Crippen molar-refractivity contribution in [3.63, 3.8) is 0 Å². The Labute approximate surface area is 237 Å². The quantitative estimate of drug-likeness (QED) is 0.476. The van der Waals surface area contributed by atoms with Gasteiger partial charge in [0.1, 0.15) is 17.3 Å². The summed E-state index contributed by atoms with van der Waals surface area (Å²) in [6, 6.07) is 8.64. The number of carbonyl (C=O) groups is 2. The number of anilines is 3. The number of aryl methyl sites for hydroxylation is 1. The lowest BCUT2D eigenvalue weighted by Crippen LogP contribution is -2.45. The molecule has 2 saturated heterocycles. The third-order valence-corrected chi connectivity index (χ3v) is 8.35. The van der Waals surface area contributed by atoms with Crippen molar-refractivity contribution in [3.05, 3.63) is 64.7 Å². The molecule has 4 heterocycles. The Bertz CT molecular complexity index is 1480. The van der Waals surface area contributed by atoms with Crippen molar-refractivity contribution in [2.45, 2.75) is 45.2 Å². The molecule has 9 nitrogen and oxygen atoms in total. The fourth-order valence-corrected chi connectivity index (χ4v) is 6.12. The zero-order valence-corrected chi connectivity index (χ0v) is 23.2. The molecule has 1 aromatic heterocycles. The molecule has 6 rings (SSSR count). The average Bonchev–Trinajstić information content (AvgIpc) is 3.53. The zero-order valence-electron chi connectivity index (χ0n) is 23.2. The van der Waals surface area contributed by atoms with Gasteiger partial charge in [-0.15, -0.1) is 0 Å². The number of hydrogen-bond acceptors (Lipinski definition) is 6. The van der Waals surface area contributed by atoms with E-state index in [9.17, 15) is 9.59 Å². The molecule has 3 aliphatic heterocycles. The molecule has 3 aromatic rings. The Morgan fingerprint density at radius 3 is 2.41 bits per heavy atom. The fraction of sp³-hybridized carbons (Fsp3) is 0.400. The van der Waals surface area contributed by atoms with E-state index in [-0.39, 0.29) is 18.3 Å². The number of urea groups is 1. The Morgan fingerprint density at radius 1 is 1.02 bits per heavy atom. The number of amides is 3. The maximum atomic E-state index is 15.1. The number of nitrogens with zero attached hydrogens (tertiary/aromatic N) is 5. The number of piperidine rings is 1. The Balaban J connectivity index is 1.49. The van der Waals surface area contributed by atoms with Crippen molar-refractivity contribution in [2.75, 3.05) is 43.0 Å². The SMILES string of the molecule is CNC(=O)c1ccc(C)c(-c2nc(N3CCC(N4CCCC4)CC3)nc3c2CNC(=O)N3c2c(F)cccc2F)c1. The fourth-order valence-electron chi connectivity index (χ4n) is 6.12. The molecule has 0 unspecified atom stereocenters. The number of benzene rings is 2. The lowest BCUT2D eigenvalue weighted by Gasteiger charge is -2.37. The molecule has 0 atom stereocenters. The highest BCUT2D eigenvalue weighted by Crippen LogP contribution is 2.40. The van der Waals surface area contributed by atoms with E-state index in [2.05, 4.69) is 20.4 Å². The van der Waals surface area contributed by atoms with Crippen LogP contribution in [0.5, 0.6) is 0 Å². The molecular formula is C30H33F2N7O2. The van der Waals surface area contributed by atoms with Gasteiger partial charge in [-0.1, -0.05) is 12.1 Å². The van der Waals surface area contributed by atoms with Gasteiger partial charge in [0.2, 0.25) is 5.95 Å². The van der Waals surface area contributed by atoms with E-state index in [4.69, 9.17) is 9.97 Å². The highest BCUT2D eigenvalue weighted by molar-refractivity contribution is 6.02. The van der Waals surface area contributed by atoms with Crippen molar-refractivity contribution in [2.24, 2.45) is 0 Å². The smallest absolute Gasteiger partial charge is 0.328 e. The van der Waals surface area contributed by atoms with Crippen LogP contribution in [0.15, 0.2) is 36.4 Å². The summed E-state index contributed by atoms with van der Waals surface area (Å²) in [4.78, 5) is 41.1. The number of rotatable bonds is 5. The highest BCUT2D eigenvalue weighted by Gasteiger charge is 2.36. The lowest BCUT2D eigenvalue weighted by atomic mass is 9.97. The molecule has 41 heavy (non-hydrogen) atoms. The molecule has 0 spiro atoms. The predicted octanol–water partition coefficient (Wildman–Crippen LogP) is 4.52. The monoisotopic (exact) mass is 561 g/mol. The van der Waals surface area contributed by atoms with Crippen LogP contribution in [-0.4, -0.2) is 66.1 Å². The van der Waals surface area contributed by atoms with Crippen LogP contribution >= 0.6 is 0 Å². The first-order chi connectivity index (χ1) is 19.9. The summed E-state index contributed by atoms with van der Waals surface area (Å²) in [7, 11) is 1.56. The Hall–Kier alpha value is -4.12. The first-order valence-electron chi connectivity index (χ1n) is 14.1. The van der Waals surface area contributed by atoms with Crippen molar-refractivity contribution >= 4 is 29.4 Å². The first-order valence-corrected chi connectivity index (χ1v) is 14.1. The van der Waals surface area contributed by atoms with Crippen molar-refractivity contribution in [3.8, 4) is 11.3 Å². The van der Waals surface area contributed by atoms with Gasteiger partial charge in [0.25, 0.3) is 5.91 Å². The molecule has 0 bridgehead atoms. The summed E-state index contributed by atoms with van der Waals surface area (Å²) in [6.45, 7) is 5.67. The van der Waals surface area contributed by atoms with Gasteiger partial charge in [0, 0.05) is 42.9 Å². The van der Waals surface area contributed by atoms with Gasteiger partial charge >= 0.3 is 6.03 Å². The number of likely N-dealkylation sites (tertiary alicyclic amines) is 1. The summed E-state index contributed by atoms with van der Waals surface area (Å²) in [6.07, 6.45) is 4.37. The van der Waals surface area contributed by atoms with Gasteiger partial charge in [-0.25, -0.2) is 23.5 Å². The van der Waals surface area contributed by atoms with Crippen LogP contribution in [0.25, 0.3) is 11.3 Å². The highest BCUT2D eigenvalue weighted by atomic mass is 19.1. The summed E-state index contributed by atoms with van der Waals surface area (Å²) in [5.74, 6) is -1.48. The van der Waals surface area contributed by atoms with Gasteiger partial charge in [0.15, 0.2) is 5.82 Å². The molecule has 214 valence electrons. The van der Waals surface area contributed by atoms with Crippen LogP contribution in [0.3, 0.4) is 0 Å². The van der Waals surface area contributed by atoms with Crippen molar-refractivity contribution < 1.29 is 18.4 Å². The lowest BCUT2D eigenvalue weighted by molar-refractivity contribution is 0.0963. The summed E-state index contributed by atoms with van der Waals surface area (Å²) in [5, 5.41) is 5.38. The van der Waals surface area contributed by atoms with Crippen LogP contribution in [0.2, 0.25) is 0 Å². The molecule has 0 saturated carbocycles. The molecule has 2 N–H and O–H groups in total. The number of fused-ring (bicyclic) bond motifs is 1. The minimum atomic E-state index is -0.876. The van der Waals surface area contributed by atoms with E-state index in [0.717, 1.165) is 61.6 Å². The third kappa shape index (κ3) is 4.99. The first kappa shape index (κ1) is 27.1. The summed E-state index contributed by atoms with van der Waals surface area (Å²) < 4.78 is 30.1. The molecule has 0 radical (unpaired) electrons. The summed E-state index contributed by atoms with van der Waals surface area (Å²) in [5.41, 5.74) is 2.52. The molecular weight excluding hydrogens is 528 g/mol. The normalized spacial score (nSPS) is 17.9. The van der Waals surface area contributed by atoms with Gasteiger partial charge in [-0.05, 0) is 75.5 Å². The number of hydrogen-bond donors (Lipinski definition) is 2. The molecule has 3 amide bonds. The number of aromatic nitrogens is 2. The minimum absolute atomic E-state index is 0.0665. The number of carbonyl (C=O) groups excluding carboxylic acids is 2. The van der Waals surface area contributed by atoms with Crippen LogP contribution in [0.1, 0.15) is 47.2 Å². The summed E-state index contributed by atoms with van der Waals surface area (Å²) >= 11 is 0. The van der Waals surface area contributed by atoms with E-state index in [1.807, 2.05) is 13.0 Å². The second-order valence-corrected chi connectivity index (χ2v) is 10.8. The predicted molar refractivity (Wildman–Crippen MR) is 152 cm³/mol. The van der Waals surface area contributed by atoms with Gasteiger partial charge in [-0.2, -0.15) is 4.98 Å². The third-order valence-electron chi connectivity index (χ3n) is 8.35. The largest absolute Gasteiger partial charge is 0.355 e. The van der Waals surface area contributed by atoms with E-state index in [1.54, 1.807) is 19.2 Å². The second-order valence-electron chi connectivity index (χ2n) is 10.8. The van der Waals surface area contributed by atoms with Crippen LogP contribution < -0.4 is 20.4 Å². The molecule has 11 heteroatoms. The van der Waals surface area contributed by atoms with Crippen LogP contribution in [0, 0.1) is 18.6 Å². The Kier molecular flexibility index (Phi) is 7.29. The zero-order chi connectivity index (χ0) is 28.7. The van der Waals surface area contributed by atoms with Crippen molar-refractivity contribution in [1.29, 1.82) is 0 Å². The van der Waals surface area contributed by atoms with E-state index >= 15 is 8.78 Å². The Morgan fingerprint density at radius 2 is 1.73 bits per heavy atom. The van der Waals surface area contributed by atoms with Gasteiger partial charge in [0.05, 0.1) is 12.2 Å². The van der Waals surface area contributed by atoms with E-state index in [0.29, 0.717) is 34.4 Å². The second kappa shape index (κ2) is 11.0. The minimum Gasteiger partial charge on any atom is -0.355 e. The van der Waals surface area contributed by atoms with E-state index < -0.39 is 23.4 Å². The van der Waals surface area contributed by atoms with Crippen LogP contribution in [-0.2, 0) is 6.54 Å². The van der Waals surface area contributed by atoms with Gasteiger partial charge < -0.3 is 20.4 Å². The van der Waals surface area contributed by atoms with Crippen LogP contribution in [0.4, 0.5) is 31.0 Å². The van der Waals surface area contributed by atoms with E-state index in [1.165, 1.54) is 18.9 Å². The van der Waals surface area contributed by atoms with Crippen molar-refractivity contribution in [1.82, 2.24) is 25.5 Å². The molecule has 0 aliphatic carbocycles. The maximum Gasteiger partial charge on any atom is 0.328 e.